The summed E-state index contributed by atoms with van der Waals surface area (Å²) >= 11 is 0. The summed E-state index contributed by atoms with van der Waals surface area (Å²) in [4.78, 5) is 24.8. The first-order valence-corrected chi connectivity index (χ1v) is 8.23. The molecule has 120 valence electrons. The molecule has 2 N–H and O–H groups in total. The van der Waals surface area contributed by atoms with E-state index in [2.05, 4.69) is 12.2 Å². The number of nitrogens with zero attached hydrogens (tertiary/aromatic N) is 1. The Balaban J connectivity index is 1.67. The molecule has 1 aliphatic carbocycles. The molecule has 0 aromatic carbocycles. The molecule has 0 radical (unpaired) electrons. The molecule has 1 aliphatic heterocycles. The number of amides is 2. The first kappa shape index (κ1) is 16.1. The van der Waals surface area contributed by atoms with Crippen molar-refractivity contribution in [3.05, 3.63) is 0 Å². The van der Waals surface area contributed by atoms with Gasteiger partial charge in [-0.15, -0.1) is 0 Å². The van der Waals surface area contributed by atoms with Crippen molar-refractivity contribution in [1.29, 1.82) is 0 Å². The minimum atomic E-state index is -0.797. The number of carboxylic acids is 1. The van der Waals surface area contributed by atoms with Crippen molar-refractivity contribution >= 4 is 12.0 Å². The number of likely N-dealkylation sites (tertiary alicyclic amines) is 1. The molecular weight excluding hydrogens is 268 g/mol. The van der Waals surface area contributed by atoms with Crippen LogP contribution >= 0.6 is 0 Å². The third-order valence-electron chi connectivity index (χ3n) is 5.18. The molecule has 0 aromatic rings. The Kier molecular flexibility index (Phi) is 5.48. The van der Waals surface area contributed by atoms with Crippen molar-refractivity contribution in [3.8, 4) is 0 Å². The number of rotatable bonds is 4. The first-order valence-electron chi connectivity index (χ1n) is 8.23. The van der Waals surface area contributed by atoms with Gasteiger partial charge in [0.25, 0.3) is 0 Å². The van der Waals surface area contributed by atoms with E-state index in [1.807, 2.05) is 6.92 Å². The zero-order valence-electron chi connectivity index (χ0n) is 13.2. The summed E-state index contributed by atoms with van der Waals surface area (Å²) in [7, 11) is 0. The van der Waals surface area contributed by atoms with Crippen molar-refractivity contribution in [2.45, 2.75) is 46.0 Å². The molecule has 2 fully saturated rings. The summed E-state index contributed by atoms with van der Waals surface area (Å²) in [6, 6.07) is -0.102. The van der Waals surface area contributed by atoms with Gasteiger partial charge in [0.2, 0.25) is 0 Å². The molecule has 2 amide bonds. The Morgan fingerprint density at radius 3 is 2.38 bits per heavy atom. The van der Waals surface area contributed by atoms with Crippen molar-refractivity contribution in [3.63, 3.8) is 0 Å². The van der Waals surface area contributed by atoms with E-state index in [0.29, 0.717) is 19.6 Å². The normalized spacial score (nSPS) is 33.0. The molecule has 2 aliphatic rings. The Bertz CT molecular complexity index is 378. The van der Waals surface area contributed by atoms with Crippen molar-refractivity contribution in [2.75, 3.05) is 19.6 Å². The lowest BCUT2D eigenvalue weighted by Crippen LogP contribution is -2.39. The van der Waals surface area contributed by atoms with E-state index >= 15 is 0 Å². The van der Waals surface area contributed by atoms with Crippen LogP contribution in [0.25, 0.3) is 0 Å². The molecule has 2 atom stereocenters. The molecule has 1 heterocycles. The zero-order valence-corrected chi connectivity index (χ0v) is 13.2. The third kappa shape index (κ3) is 4.35. The highest BCUT2D eigenvalue weighted by Crippen LogP contribution is 2.30. The summed E-state index contributed by atoms with van der Waals surface area (Å²) in [6.07, 6.45) is 6.22. The largest absolute Gasteiger partial charge is 0.481 e. The zero-order chi connectivity index (χ0) is 15.4. The van der Waals surface area contributed by atoms with Gasteiger partial charge >= 0.3 is 12.0 Å². The average Bonchev–Trinajstić information content (AvgIpc) is 2.83. The van der Waals surface area contributed by atoms with Gasteiger partial charge in [0.05, 0.1) is 5.92 Å². The monoisotopic (exact) mass is 296 g/mol. The van der Waals surface area contributed by atoms with E-state index in [0.717, 1.165) is 18.3 Å². The van der Waals surface area contributed by atoms with Crippen LogP contribution in [0.4, 0.5) is 4.79 Å². The average molecular weight is 296 g/mol. The maximum atomic E-state index is 12.1. The molecule has 2 unspecified atom stereocenters. The topological polar surface area (TPSA) is 69.6 Å². The van der Waals surface area contributed by atoms with Crippen LogP contribution in [0, 0.1) is 23.7 Å². The Morgan fingerprint density at radius 2 is 1.81 bits per heavy atom. The molecule has 1 saturated carbocycles. The molecule has 1 saturated heterocycles. The number of nitrogens with one attached hydrogen (secondary N) is 1. The summed E-state index contributed by atoms with van der Waals surface area (Å²) in [5.41, 5.74) is 0. The molecule has 5 heteroatoms. The number of hydrogen-bond donors (Lipinski definition) is 2. The highest BCUT2D eigenvalue weighted by molar-refractivity contribution is 5.77. The van der Waals surface area contributed by atoms with E-state index in [4.69, 9.17) is 5.11 Å². The van der Waals surface area contributed by atoms with Crippen LogP contribution in [0.5, 0.6) is 0 Å². The van der Waals surface area contributed by atoms with Gasteiger partial charge < -0.3 is 15.3 Å². The van der Waals surface area contributed by atoms with Crippen molar-refractivity contribution in [2.24, 2.45) is 23.7 Å². The van der Waals surface area contributed by atoms with E-state index in [9.17, 15) is 9.59 Å². The Hall–Kier alpha value is -1.26. The van der Waals surface area contributed by atoms with Crippen LogP contribution in [-0.4, -0.2) is 41.6 Å². The van der Waals surface area contributed by atoms with Gasteiger partial charge in [-0.05, 0) is 24.2 Å². The van der Waals surface area contributed by atoms with Gasteiger partial charge in [0.15, 0.2) is 0 Å². The molecule has 2 rings (SSSR count). The minimum Gasteiger partial charge on any atom is -0.481 e. The molecule has 0 bridgehead atoms. The van der Waals surface area contributed by atoms with Crippen molar-refractivity contribution < 1.29 is 14.7 Å². The molecule has 0 spiro atoms. The minimum absolute atomic E-state index is 0.0353. The van der Waals surface area contributed by atoms with Gasteiger partial charge in [-0.2, -0.15) is 0 Å². The number of aliphatic carboxylic acids is 1. The van der Waals surface area contributed by atoms with E-state index in [-0.39, 0.29) is 11.9 Å². The quantitative estimate of drug-likeness (QED) is 0.837. The highest BCUT2D eigenvalue weighted by atomic mass is 16.4. The predicted octanol–water partition coefficient (Wildman–Crippen LogP) is 2.56. The second kappa shape index (κ2) is 7.14. The SMILES string of the molecule is CC1CCC(CCNC(=O)N2CC(C)C(C(=O)O)C2)CC1. The van der Waals surface area contributed by atoms with E-state index < -0.39 is 11.9 Å². The summed E-state index contributed by atoms with van der Waals surface area (Å²) in [5, 5.41) is 12.0. The first-order chi connectivity index (χ1) is 9.97. The standard InChI is InChI=1S/C16H28N2O3/c1-11-3-5-13(6-4-11)7-8-17-16(21)18-9-12(2)14(10-18)15(19)20/h11-14H,3-10H2,1-2H3,(H,17,21)(H,19,20). The lowest BCUT2D eigenvalue weighted by Gasteiger charge is -2.26. The number of urea groups is 1. The van der Waals surface area contributed by atoms with Crippen LogP contribution < -0.4 is 5.32 Å². The lowest BCUT2D eigenvalue weighted by atomic mass is 9.81. The molecule has 5 nitrogen and oxygen atoms in total. The maximum Gasteiger partial charge on any atom is 0.317 e. The number of carboxylic acid groups (broad SMARTS) is 1. The van der Waals surface area contributed by atoms with Gasteiger partial charge in [0, 0.05) is 19.6 Å². The second-order valence-electron chi connectivity index (χ2n) is 6.97. The fourth-order valence-corrected chi connectivity index (χ4v) is 3.57. The maximum absolute atomic E-state index is 12.1. The smallest absolute Gasteiger partial charge is 0.317 e. The molecule has 21 heavy (non-hydrogen) atoms. The van der Waals surface area contributed by atoms with Crippen LogP contribution in [0.3, 0.4) is 0 Å². The van der Waals surface area contributed by atoms with Crippen LogP contribution in [0.2, 0.25) is 0 Å². The fourth-order valence-electron chi connectivity index (χ4n) is 3.57. The van der Waals surface area contributed by atoms with Gasteiger partial charge in [0.1, 0.15) is 0 Å². The molecular formula is C16H28N2O3. The Labute approximate surface area is 127 Å². The highest BCUT2D eigenvalue weighted by Gasteiger charge is 2.36. The van der Waals surface area contributed by atoms with Crippen LogP contribution in [0.15, 0.2) is 0 Å². The summed E-state index contributed by atoms with van der Waals surface area (Å²) in [6.45, 7) is 5.80. The molecule has 0 aromatic heterocycles. The number of carbonyl (C=O) groups is 2. The van der Waals surface area contributed by atoms with Crippen LogP contribution in [0.1, 0.15) is 46.0 Å². The number of carbonyl (C=O) groups excluding carboxylic acids is 1. The number of hydrogen-bond acceptors (Lipinski definition) is 2. The van der Waals surface area contributed by atoms with Gasteiger partial charge in [-0.25, -0.2) is 4.79 Å². The lowest BCUT2D eigenvalue weighted by molar-refractivity contribution is -0.142. The van der Waals surface area contributed by atoms with Crippen molar-refractivity contribution in [1.82, 2.24) is 10.2 Å². The Morgan fingerprint density at radius 1 is 1.14 bits per heavy atom. The van der Waals surface area contributed by atoms with Gasteiger partial charge in [-0.1, -0.05) is 39.5 Å². The predicted molar refractivity (Wildman–Crippen MR) is 81.0 cm³/mol. The summed E-state index contributed by atoms with van der Waals surface area (Å²) < 4.78 is 0. The summed E-state index contributed by atoms with van der Waals surface area (Å²) in [5.74, 6) is 0.415. The van der Waals surface area contributed by atoms with Gasteiger partial charge in [-0.3, -0.25) is 4.79 Å². The van der Waals surface area contributed by atoms with E-state index in [1.165, 1.54) is 25.7 Å². The van der Waals surface area contributed by atoms with E-state index in [1.54, 1.807) is 4.90 Å². The second-order valence-corrected chi connectivity index (χ2v) is 6.97. The fraction of sp³-hybridized carbons (Fsp3) is 0.875. The van der Waals surface area contributed by atoms with Crippen LogP contribution in [-0.2, 0) is 4.79 Å². The third-order valence-corrected chi connectivity index (χ3v) is 5.18.